The number of para-hydroxylation sites is 3. The van der Waals surface area contributed by atoms with E-state index in [9.17, 15) is 0 Å². The van der Waals surface area contributed by atoms with Crippen molar-refractivity contribution in [2.45, 2.75) is 33.1 Å². The van der Waals surface area contributed by atoms with Crippen LogP contribution in [-0.4, -0.2) is 4.57 Å². The fraction of sp³-hybridized carbons (Fsp3) is 0.111. The first-order chi connectivity index (χ1) is 23.0. The summed E-state index contributed by atoms with van der Waals surface area (Å²) >= 11 is 0. The van der Waals surface area contributed by atoms with Crippen LogP contribution in [0.5, 0.6) is 0 Å². The van der Waals surface area contributed by atoms with E-state index < -0.39 is 0 Å². The lowest BCUT2D eigenvalue weighted by Gasteiger charge is -2.28. The van der Waals surface area contributed by atoms with E-state index in [0.29, 0.717) is 0 Å². The average Bonchev–Trinajstić information content (AvgIpc) is 3.54. The second-order valence-corrected chi connectivity index (χ2v) is 13.0. The summed E-state index contributed by atoms with van der Waals surface area (Å²) in [6, 6.07) is 52.9. The van der Waals surface area contributed by atoms with Crippen LogP contribution in [0.3, 0.4) is 0 Å². The predicted molar refractivity (Wildman–Crippen MR) is 201 cm³/mol. The van der Waals surface area contributed by atoms with Crippen LogP contribution in [0, 0.1) is 0 Å². The number of nitrogens with zero attached hydrogens (tertiary/aromatic N) is 2. The van der Waals surface area contributed by atoms with Gasteiger partial charge in [0, 0.05) is 38.9 Å². The van der Waals surface area contributed by atoms with Gasteiger partial charge in [-0.15, -0.1) is 0 Å². The quantitative estimate of drug-likeness (QED) is 0.183. The number of allylic oxidation sites excluding steroid dienone is 4. The van der Waals surface area contributed by atoms with Gasteiger partial charge in [0.15, 0.2) is 0 Å². The molecule has 0 atom stereocenters. The number of benzene rings is 6. The molecular formula is C45H38N2. The minimum Gasteiger partial charge on any atom is -0.310 e. The van der Waals surface area contributed by atoms with Gasteiger partial charge in [-0.1, -0.05) is 117 Å². The molecule has 0 spiro atoms. The van der Waals surface area contributed by atoms with Crippen molar-refractivity contribution in [3.8, 4) is 16.8 Å². The largest absolute Gasteiger partial charge is 0.310 e. The second-order valence-electron chi connectivity index (χ2n) is 13.0. The third kappa shape index (κ3) is 4.72. The van der Waals surface area contributed by atoms with E-state index in [-0.39, 0.29) is 5.41 Å². The zero-order valence-corrected chi connectivity index (χ0v) is 27.4. The van der Waals surface area contributed by atoms with E-state index in [1.807, 2.05) is 0 Å². The molecule has 228 valence electrons. The van der Waals surface area contributed by atoms with Crippen LogP contribution in [0.1, 0.15) is 38.8 Å². The molecule has 0 bridgehead atoms. The number of aromatic nitrogens is 1. The second kappa shape index (κ2) is 11.3. The Bertz CT molecular complexity index is 2260. The lowest BCUT2D eigenvalue weighted by molar-refractivity contribution is 0.639. The zero-order valence-electron chi connectivity index (χ0n) is 27.4. The normalized spacial score (nSPS) is 14.0. The fourth-order valence-electron chi connectivity index (χ4n) is 7.38. The molecule has 0 saturated heterocycles. The molecule has 47 heavy (non-hydrogen) atoms. The molecular weight excluding hydrogens is 569 g/mol. The van der Waals surface area contributed by atoms with Crippen molar-refractivity contribution in [1.29, 1.82) is 0 Å². The fourth-order valence-corrected chi connectivity index (χ4v) is 7.38. The minimum absolute atomic E-state index is 0.0300. The first kappa shape index (κ1) is 28.8. The zero-order chi connectivity index (χ0) is 32.1. The number of rotatable bonds is 6. The van der Waals surface area contributed by atoms with Gasteiger partial charge in [-0.05, 0) is 102 Å². The molecule has 0 fully saturated rings. The molecule has 0 saturated carbocycles. The average molecular weight is 607 g/mol. The van der Waals surface area contributed by atoms with Gasteiger partial charge in [0.25, 0.3) is 0 Å². The number of fused-ring (bicyclic) bond motifs is 4. The summed E-state index contributed by atoms with van der Waals surface area (Å²) in [6.45, 7) is 9.06. The molecule has 1 aromatic heterocycles. The third-order valence-electron chi connectivity index (χ3n) is 10.1. The summed E-state index contributed by atoms with van der Waals surface area (Å²) in [5.74, 6) is 0. The highest BCUT2D eigenvalue weighted by atomic mass is 15.1. The maximum Gasteiger partial charge on any atom is 0.0541 e. The van der Waals surface area contributed by atoms with Crippen molar-refractivity contribution in [1.82, 2.24) is 4.57 Å². The molecule has 1 aliphatic rings. The molecule has 7 aromatic rings. The molecule has 0 unspecified atom stereocenters. The summed E-state index contributed by atoms with van der Waals surface area (Å²) in [6.07, 6.45) is 4.40. The Morgan fingerprint density at radius 1 is 0.574 bits per heavy atom. The molecule has 2 heteroatoms. The molecule has 6 aromatic carbocycles. The SMILES string of the molecule is C/C=C\C1=C(C)C(C)(C)c2cc(N(c3ccccc3)c3ccc(-c4ccc(-n5c6ccccc6c6ccccc65)cc4)cc3)ccc21. The summed E-state index contributed by atoms with van der Waals surface area (Å²) in [5, 5.41) is 2.56. The topological polar surface area (TPSA) is 8.17 Å². The van der Waals surface area contributed by atoms with E-state index in [1.54, 1.807) is 0 Å². The lowest BCUT2D eigenvalue weighted by atomic mass is 9.82. The smallest absolute Gasteiger partial charge is 0.0541 e. The Morgan fingerprint density at radius 3 is 1.72 bits per heavy atom. The number of anilines is 3. The van der Waals surface area contributed by atoms with Gasteiger partial charge in [0.1, 0.15) is 0 Å². The highest BCUT2D eigenvalue weighted by molar-refractivity contribution is 6.09. The van der Waals surface area contributed by atoms with Crippen LogP contribution >= 0.6 is 0 Å². The van der Waals surface area contributed by atoms with E-state index in [0.717, 1.165) is 11.4 Å². The Morgan fingerprint density at radius 2 is 1.11 bits per heavy atom. The molecule has 1 heterocycles. The Balaban J connectivity index is 1.15. The molecule has 2 nitrogen and oxygen atoms in total. The van der Waals surface area contributed by atoms with Crippen LogP contribution in [0.4, 0.5) is 17.1 Å². The van der Waals surface area contributed by atoms with E-state index in [2.05, 4.69) is 195 Å². The van der Waals surface area contributed by atoms with Gasteiger partial charge in [-0.2, -0.15) is 0 Å². The molecule has 0 radical (unpaired) electrons. The first-order valence-electron chi connectivity index (χ1n) is 16.5. The maximum atomic E-state index is 2.39. The highest BCUT2D eigenvalue weighted by Crippen LogP contribution is 2.49. The summed E-state index contributed by atoms with van der Waals surface area (Å²) in [5.41, 5.74) is 14.9. The standard InChI is InChI=1S/C45H38N2/c1-5-13-38-31(2)45(3,4)42-30-37(28-29-39(38)42)46(34-14-7-6-8-15-34)35-24-20-32(21-25-35)33-22-26-36(27-23-33)47-43-18-11-9-16-40(43)41-17-10-12-19-44(41)47/h5-30H,1-4H3/b13-5-. The Labute approximate surface area is 277 Å². The van der Waals surface area contributed by atoms with Crippen molar-refractivity contribution < 1.29 is 0 Å². The summed E-state index contributed by atoms with van der Waals surface area (Å²) < 4.78 is 2.37. The van der Waals surface area contributed by atoms with Crippen molar-refractivity contribution in [2.75, 3.05) is 4.90 Å². The Hall–Kier alpha value is -5.60. The number of hydrogen-bond donors (Lipinski definition) is 0. The van der Waals surface area contributed by atoms with Crippen molar-refractivity contribution in [3.05, 3.63) is 174 Å². The number of hydrogen-bond acceptors (Lipinski definition) is 1. The van der Waals surface area contributed by atoms with Crippen molar-refractivity contribution >= 4 is 44.4 Å². The Kier molecular flexibility index (Phi) is 6.95. The van der Waals surface area contributed by atoms with E-state index in [4.69, 9.17) is 0 Å². The van der Waals surface area contributed by atoms with Gasteiger partial charge in [-0.25, -0.2) is 0 Å². The van der Waals surface area contributed by atoms with Gasteiger partial charge in [0.05, 0.1) is 11.0 Å². The third-order valence-corrected chi connectivity index (χ3v) is 10.1. The molecule has 0 amide bonds. The monoisotopic (exact) mass is 606 g/mol. The molecule has 8 rings (SSSR count). The van der Waals surface area contributed by atoms with Crippen LogP contribution in [0.25, 0.3) is 44.2 Å². The highest BCUT2D eigenvalue weighted by Gasteiger charge is 2.35. The van der Waals surface area contributed by atoms with Gasteiger partial charge in [-0.3, -0.25) is 0 Å². The van der Waals surface area contributed by atoms with Crippen LogP contribution in [0.2, 0.25) is 0 Å². The molecule has 0 aliphatic heterocycles. The maximum absolute atomic E-state index is 2.39. The summed E-state index contributed by atoms with van der Waals surface area (Å²) in [4.78, 5) is 2.37. The van der Waals surface area contributed by atoms with Crippen LogP contribution < -0.4 is 4.90 Å². The molecule has 0 N–H and O–H groups in total. The van der Waals surface area contributed by atoms with Crippen LogP contribution in [0.15, 0.2) is 163 Å². The predicted octanol–water partition coefficient (Wildman–Crippen LogP) is 12.6. The lowest BCUT2D eigenvalue weighted by Crippen LogP contribution is -2.17. The van der Waals surface area contributed by atoms with Gasteiger partial charge >= 0.3 is 0 Å². The van der Waals surface area contributed by atoms with E-state index >= 15 is 0 Å². The molecule has 1 aliphatic carbocycles. The van der Waals surface area contributed by atoms with Gasteiger partial charge < -0.3 is 9.47 Å². The van der Waals surface area contributed by atoms with Gasteiger partial charge in [0.2, 0.25) is 0 Å². The van der Waals surface area contributed by atoms with Crippen LogP contribution in [-0.2, 0) is 5.41 Å². The summed E-state index contributed by atoms with van der Waals surface area (Å²) in [7, 11) is 0. The van der Waals surface area contributed by atoms with Crippen molar-refractivity contribution in [3.63, 3.8) is 0 Å². The van der Waals surface area contributed by atoms with E-state index in [1.165, 1.54) is 66.6 Å². The minimum atomic E-state index is -0.0300. The van der Waals surface area contributed by atoms with Crippen molar-refractivity contribution in [2.24, 2.45) is 0 Å². The first-order valence-corrected chi connectivity index (χ1v) is 16.5.